The third-order valence-corrected chi connectivity index (χ3v) is 4.55. The number of hydrogen-bond donors (Lipinski definition) is 2. The van der Waals surface area contributed by atoms with Gasteiger partial charge in [-0.3, -0.25) is 0 Å². The molecule has 0 fully saturated rings. The Hall–Kier alpha value is -1.87. The first-order valence-corrected chi connectivity index (χ1v) is 7.22. The van der Waals surface area contributed by atoms with Gasteiger partial charge in [-0.05, 0) is 33.5 Å². The van der Waals surface area contributed by atoms with Crippen LogP contribution in [0.2, 0.25) is 5.02 Å². The minimum Gasteiger partial charge on any atom is -0.384 e. The second-order valence-electron chi connectivity index (χ2n) is 5.34. The first-order valence-electron chi connectivity index (χ1n) is 6.84. The van der Waals surface area contributed by atoms with Crippen molar-refractivity contribution in [3.8, 4) is 0 Å². The van der Waals surface area contributed by atoms with Crippen molar-refractivity contribution >= 4 is 22.4 Å². The molecule has 3 aromatic carbocycles. The number of fused-ring (bicyclic) bond motifs is 1. The molecule has 2 nitrogen and oxygen atoms in total. The minimum absolute atomic E-state index is 0.520. The molecule has 3 aromatic rings. The summed E-state index contributed by atoms with van der Waals surface area (Å²) in [5, 5.41) is 23.9. The zero-order chi connectivity index (χ0) is 14.6. The van der Waals surface area contributed by atoms with Crippen LogP contribution in [0.25, 0.3) is 10.8 Å². The van der Waals surface area contributed by atoms with Crippen LogP contribution in [0, 0.1) is 0 Å². The molecular weight excluding hydrogens is 284 g/mol. The lowest BCUT2D eigenvalue weighted by Gasteiger charge is -2.16. The van der Waals surface area contributed by atoms with Crippen molar-refractivity contribution in [3.05, 3.63) is 81.9 Å². The maximum absolute atomic E-state index is 10.8. The molecule has 0 saturated heterocycles. The van der Waals surface area contributed by atoms with Gasteiger partial charge in [0.05, 0.1) is 0 Å². The second-order valence-corrected chi connectivity index (χ2v) is 5.75. The van der Waals surface area contributed by atoms with E-state index in [1.54, 1.807) is 6.07 Å². The Morgan fingerprint density at radius 2 is 1.38 bits per heavy atom. The second kappa shape index (κ2) is 4.57. The van der Waals surface area contributed by atoms with Gasteiger partial charge in [0, 0.05) is 10.6 Å². The molecule has 1 aliphatic rings. The van der Waals surface area contributed by atoms with Crippen molar-refractivity contribution in [2.24, 2.45) is 0 Å². The summed E-state index contributed by atoms with van der Waals surface area (Å²) in [6.45, 7) is 0. The normalized spacial score (nSPS) is 20.1. The molecule has 0 radical (unpaired) electrons. The van der Waals surface area contributed by atoms with E-state index in [4.69, 9.17) is 11.6 Å². The van der Waals surface area contributed by atoms with Crippen LogP contribution in [0.1, 0.15) is 34.5 Å². The van der Waals surface area contributed by atoms with E-state index < -0.39 is 12.2 Å². The van der Waals surface area contributed by atoms with E-state index in [1.807, 2.05) is 48.5 Å². The highest BCUT2D eigenvalue weighted by molar-refractivity contribution is 6.32. The van der Waals surface area contributed by atoms with E-state index in [9.17, 15) is 10.2 Å². The topological polar surface area (TPSA) is 40.5 Å². The Kier molecular flexibility index (Phi) is 2.79. The summed E-state index contributed by atoms with van der Waals surface area (Å²) in [5.41, 5.74) is 2.89. The molecule has 0 saturated carbocycles. The van der Waals surface area contributed by atoms with Gasteiger partial charge in [0.1, 0.15) is 12.2 Å². The van der Waals surface area contributed by atoms with Crippen LogP contribution in [0.4, 0.5) is 0 Å². The third kappa shape index (κ3) is 1.74. The van der Waals surface area contributed by atoms with E-state index in [0.29, 0.717) is 16.1 Å². The molecule has 104 valence electrons. The Bertz CT molecular complexity index is 857. The van der Waals surface area contributed by atoms with Crippen molar-refractivity contribution in [2.75, 3.05) is 0 Å². The molecule has 3 heteroatoms. The molecule has 0 unspecified atom stereocenters. The van der Waals surface area contributed by atoms with Gasteiger partial charge in [0.2, 0.25) is 0 Å². The Balaban J connectivity index is 2.21. The number of benzene rings is 3. The van der Waals surface area contributed by atoms with E-state index in [-0.39, 0.29) is 0 Å². The first-order chi connectivity index (χ1) is 10.2. The predicted octanol–water partition coefficient (Wildman–Crippen LogP) is 3.97. The zero-order valence-electron chi connectivity index (χ0n) is 11.1. The Labute approximate surface area is 127 Å². The molecule has 0 bridgehead atoms. The summed E-state index contributed by atoms with van der Waals surface area (Å²) in [6.07, 6.45) is -1.60. The molecule has 0 amide bonds. The van der Waals surface area contributed by atoms with E-state index in [1.165, 1.54) is 0 Å². The average molecular weight is 297 g/mol. The molecular formula is C18H13ClO2. The van der Waals surface area contributed by atoms with Gasteiger partial charge in [-0.1, -0.05) is 60.1 Å². The molecule has 0 aliphatic heterocycles. The molecule has 4 rings (SSSR count). The van der Waals surface area contributed by atoms with Crippen LogP contribution in [-0.4, -0.2) is 10.2 Å². The van der Waals surface area contributed by atoms with Gasteiger partial charge in [0.25, 0.3) is 0 Å². The molecule has 0 spiro atoms. The van der Waals surface area contributed by atoms with Crippen molar-refractivity contribution in [3.63, 3.8) is 0 Å². The third-order valence-electron chi connectivity index (χ3n) is 4.22. The predicted molar refractivity (Wildman–Crippen MR) is 83.5 cm³/mol. The van der Waals surface area contributed by atoms with E-state index >= 15 is 0 Å². The fraction of sp³-hybridized carbons (Fsp3) is 0.111. The van der Waals surface area contributed by atoms with Gasteiger partial charge < -0.3 is 10.2 Å². The SMILES string of the molecule is O[C@@H]1c2ccccc2[C@@H](O)c2c(Cl)ccc3cccc1c23. The molecule has 0 heterocycles. The zero-order valence-corrected chi connectivity index (χ0v) is 11.9. The molecule has 2 atom stereocenters. The van der Waals surface area contributed by atoms with Gasteiger partial charge >= 0.3 is 0 Å². The van der Waals surface area contributed by atoms with Crippen molar-refractivity contribution in [2.45, 2.75) is 12.2 Å². The van der Waals surface area contributed by atoms with Gasteiger partial charge in [-0.25, -0.2) is 0 Å². The maximum atomic E-state index is 10.8. The smallest absolute Gasteiger partial charge is 0.106 e. The highest BCUT2D eigenvalue weighted by atomic mass is 35.5. The molecule has 21 heavy (non-hydrogen) atoms. The monoisotopic (exact) mass is 296 g/mol. The van der Waals surface area contributed by atoms with Crippen molar-refractivity contribution in [1.82, 2.24) is 0 Å². The molecule has 1 aliphatic carbocycles. The number of rotatable bonds is 0. The highest BCUT2D eigenvalue weighted by Crippen LogP contribution is 2.44. The number of halogens is 1. The lowest BCUT2D eigenvalue weighted by Crippen LogP contribution is -2.04. The van der Waals surface area contributed by atoms with Crippen molar-refractivity contribution < 1.29 is 10.2 Å². The van der Waals surface area contributed by atoms with E-state index in [2.05, 4.69) is 0 Å². The summed E-state index contributed by atoms with van der Waals surface area (Å²) >= 11 is 6.35. The lowest BCUT2D eigenvalue weighted by atomic mass is 9.95. The van der Waals surface area contributed by atoms with Crippen LogP contribution in [0.3, 0.4) is 0 Å². The van der Waals surface area contributed by atoms with Crippen LogP contribution < -0.4 is 0 Å². The minimum atomic E-state index is -0.837. The molecule has 2 N–H and O–H groups in total. The summed E-state index contributed by atoms with van der Waals surface area (Å²) in [7, 11) is 0. The molecule has 0 aromatic heterocycles. The van der Waals surface area contributed by atoms with Gasteiger partial charge in [0.15, 0.2) is 0 Å². The first kappa shape index (κ1) is 12.8. The largest absolute Gasteiger partial charge is 0.384 e. The average Bonchev–Trinajstić information content (AvgIpc) is 2.61. The number of hydrogen-bond acceptors (Lipinski definition) is 2. The summed E-state index contributed by atoms with van der Waals surface area (Å²) < 4.78 is 0. The van der Waals surface area contributed by atoms with Gasteiger partial charge in [-0.2, -0.15) is 0 Å². The maximum Gasteiger partial charge on any atom is 0.106 e. The lowest BCUT2D eigenvalue weighted by molar-refractivity contribution is 0.203. The number of aliphatic hydroxyl groups is 2. The number of aliphatic hydroxyl groups excluding tert-OH is 2. The van der Waals surface area contributed by atoms with Crippen LogP contribution >= 0.6 is 11.6 Å². The van der Waals surface area contributed by atoms with Crippen molar-refractivity contribution in [1.29, 1.82) is 0 Å². The van der Waals surface area contributed by atoms with Crippen LogP contribution in [0.5, 0.6) is 0 Å². The quantitative estimate of drug-likeness (QED) is 0.659. The van der Waals surface area contributed by atoms with Crippen LogP contribution in [0.15, 0.2) is 54.6 Å². The fourth-order valence-electron chi connectivity index (χ4n) is 3.24. The fourth-order valence-corrected chi connectivity index (χ4v) is 3.50. The van der Waals surface area contributed by atoms with E-state index in [0.717, 1.165) is 21.9 Å². The standard InChI is InChI=1S/C18H13ClO2/c19-14-9-8-10-4-3-7-13-15(10)16(14)18(21)12-6-2-1-5-11(12)17(13)20/h1-9,17-18,20-21H/t17-,18-/m1/s1. The summed E-state index contributed by atoms with van der Waals surface area (Å²) in [5.74, 6) is 0. The summed E-state index contributed by atoms with van der Waals surface area (Å²) in [4.78, 5) is 0. The van der Waals surface area contributed by atoms with Gasteiger partial charge in [-0.15, -0.1) is 0 Å². The van der Waals surface area contributed by atoms with Crippen LogP contribution in [-0.2, 0) is 0 Å². The Morgan fingerprint density at radius 3 is 2.14 bits per heavy atom. The summed E-state index contributed by atoms with van der Waals surface area (Å²) in [6, 6.07) is 16.9. The highest BCUT2D eigenvalue weighted by Gasteiger charge is 2.29. The Morgan fingerprint density at radius 1 is 0.714 bits per heavy atom.